The van der Waals surface area contributed by atoms with Gasteiger partial charge in [0, 0.05) is 19.7 Å². The Bertz CT molecular complexity index is 183. The molecular formula is C11H24N2O2. The number of aliphatic hydroxyl groups excluding tert-OH is 1. The molecule has 0 radical (unpaired) electrons. The molecule has 0 saturated heterocycles. The SMILES string of the molecule is CC(CCO)CNCC(=O)N(C)C(C)C. The first-order valence-corrected chi connectivity index (χ1v) is 5.56. The molecule has 15 heavy (non-hydrogen) atoms. The zero-order valence-electron chi connectivity index (χ0n) is 10.3. The summed E-state index contributed by atoms with van der Waals surface area (Å²) in [5.41, 5.74) is 0. The van der Waals surface area contributed by atoms with Crippen LogP contribution in [-0.2, 0) is 4.79 Å². The fourth-order valence-electron chi connectivity index (χ4n) is 1.16. The average Bonchev–Trinajstić information content (AvgIpc) is 2.16. The van der Waals surface area contributed by atoms with Crippen molar-refractivity contribution >= 4 is 5.91 Å². The molecule has 4 nitrogen and oxygen atoms in total. The van der Waals surface area contributed by atoms with Crippen molar-refractivity contribution < 1.29 is 9.90 Å². The minimum absolute atomic E-state index is 0.112. The Morgan fingerprint density at radius 2 is 2.00 bits per heavy atom. The first-order valence-electron chi connectivity index (χ1n) is 5.56. The second-order valence-corrected chi connectivity index (χ2v) is 4.35. The van der Waals surface area contributed by atoms with E-state index in [4.69, 9.17) is 5.11 Å². The summed E-state index contributed by atoms with van der Waals surface area (Å²) in [5.74, 6) is 0.522. The zero-order valence-corrected chi connectivity index (χ0v) is 10.3. The molecule has 0 aliphatic rings. The predicted octanol–water partition coefficient (Wildman–Crippen LogP) is 0.461. The highest BCUT2D eigenvalue weighted by molar-refractivity contribution is 5.78. The van der Waals surface area contributed by atoms with Gasteiger partial charge in [0.2, 0.25) is 5.91 Å². The number of nitrogens with one attached hydrogen (secondary N) is 1. The van der Waals surface area contributed by atoms with E-state index in [-0.39, 0.29) is 18.6 Å². The molecule has 0 bridgehead atoms. The van der Waals surface area contributed by atoms with Crippen LogP contribution in [0.2, 0.25) is 0 Å². The lowest BCUT2D eigenvalue weighted by molar-refractivity contribution is -0.130. The second-order valence-electron chi connectivity index (χ2n) is 4.35. The number of hydrogen-bond donors (Lipinski definition) is 2. The molecule has 0 aliphatic carbocycles. The molecule has 4 heteroatoms. The van der Waals surface area contributed by atoms with Crippen molar-refractivity contribution in [2.75, 3.05) is 26.7 Å². The van der Waals surface area contributed by atoms with Gasteiger partial charge >= 0.3 is 0 Å². The third-order valence-corrected chi connectivity index (χ3v) is 2.56. The molecule has 0 saturated carbocycles. The van der Waals surface area contributed by atoms with E-state index in [9.17, 15) is 4.79 Å². The molecular weight excluding hydrogens is 192 g/mol. The first-order chi connectivity index (χ1) is 6.99. The van der Waals surface area contributed by atoms with E-state index < -0.39 is 0 Å². The van der Waals surface area contributed by atoms with E-state index in [1.807, 2.05) is 20.9 Å². The Morgan fingerprint density at radius 1 is 1.40 bits per heavy atom. The van der Waals surface area contributed by atoms with E-state index in [1.165, 1.54) is 0 Å². The molecule has 0 spiro atoms. The summed E-state index contributed by atoms with van der Waals surface area (Å²) in [6.45, 7) is 7.41. The Hall–Kier alpha value is -0.610. The van der Waals surface area contributed by atoms with Crippen LogP contribution in [0.15, 0.2) is 0 Å². The van der Waals surface area contributed by atoms with Crippen LogP contribution in [0.25, 0.3) is 0 Å². The Balaban J connectivity index is 3.63. The van der Waals surface area contributed by atoms with Crippen molar-refractivity contribution in [2.24, 2.45) is 5.92 Å². The molecule has 0 aliphatic heterocycles. The molecule has 0 aromatic carbocycles. The summed E-state index contributed by atoms with van der Waals surface area (Å²) in [6, 6.07) is 0.245. The molecule has 2 N–H and O–H groups in total. The third-order valence-electron chi connectivity index (χ3n) is 2.56. The average molecular weight is 216 g/mol. The number of likely N-dealkylation sites (N-methyl/N-ethyl adjacent to an activating group) is 1. The quantitative estimate of drug-likeness (QED) is 0.650. The van der Waals surface area contributed by atoms with Gasteiger partial charge in [-0.25, -0.2) is 0 Å². The summed E-state index contributed by atoms with van der Waals surface area (Å²) in [4.78, 5) is 13.3. The number of carbonyl (C=O) groups excluding carboxylic acids is 1. The highest BCUT2D eigenvalue weighted by Crippen LogP contribution is 1.98. The van der Waals surface area contributed by atoms with Crippen LogP contribution in [0.4, 0.5) is 0 Å². The van der Waals surface area contributed by atoms with Crippen molar-refractivity contribution in [1.29, 1.82) is 0 Å². The normalized spacial score (nSPS) is 12.9. The fourth-order valence-corrected chi connectivity index (χ4v) is 1.16. The molecule has 0 aromatic heterocycles. The monoisotopic (exact) mass is 216 g/mol. The van der Waals surface area contributed by atoms with E-state index in [0.717, 1.165) is 13.0 Å². The minimum atomic E-state index is 0.112. The summed E-state index contributed by atoms with van der Waals surface area (Å²) < 4.78 is 0. The van der Waals surface area contributed by atoms with E-state index in [0.29, 0.717) is 12.5 Å². The number of rotatable bonds is 7. The molecule has 0 fully saturated rings. The molecule has 1 atom stereocenters. The van der Waals surface area contributed by atoms with Crippen LogP contribution in [0.5, 0.6) is 0 Å². The smallest absolute Gasteiger partial charge is 0.236 e. The third kappa shape index (κ3) is 6.47. The molecule has 1 unspecified atom stereocenters. The highest BCUT2D eigenvalue weighted by Gasteiger charge is 2.11. The van der Waals surface area contributed by atoms with Gasteiger partial charge in [0.1, 0.15) is 0 Å². The largest absolute Gasteiger partial charge is 0.396 e. The molecule has 90 valence electrons. The highest BCUT2D eigenvalue weighted by atomic mass is 16.3. The van der Waals surface area contributed by atoms with Crippen LogP contribution in [0.3, 0.4) is 0 Å². The number of amides is 1. The Kier molecular flexibility index (Phi) is 7.34. The van der Waals surface area contributed by atoms with Crippen molar-refractivity contribution in [3.05, 3.63) is 0 Å². The topological polar surface area (TPSA) is 52.6 Å². The summed E-state index contributed by atoms with van der Waals surface area (Å²) in [6.07, 6.45) is 0.779. The van der Waals surface area contributed by atoms with Crippen molar-refractivity contribution in [1.82, 2.24) is 10.2 Å². The van der Waals surface area contributed by atoms with Gasteiger partial charge in [-0.1, -0.05) is 6.92 Å². The molecule has 0 rings (SSSR count). The van der Waals surface area contributed by atoms with Crippen LogP contribution in [0.1, 0.15) is 27.2 Å². The number of aliphatic hydroxyl groups is 1. The summed E-state index contributed by atoms with van der Waals surface area (Å²) >= 11 is 0. The van der Waals surface area contributed by atoms with Gasteiger partial charge in [-0.15, -0.1) is 0 Å². The predicted molar refractivity (Wildman–Crippen MR) is 61.6 cm³/mol. The lowest BCUT2D eigenvalue weighted by Gasteiger charge is -2.22. The zero-order chi connectivity index (χ0) is 11.8. The van der Waals surface area contributed by atoms with Gasteiger partial charge in [-0.3, -0.25) is 4.79 Å². The van der Waals surface area contributed by atoms with E-state index >= 15 is 0 Å². The van der Waals surface area contributed by atoms with Crippen molar-refractivity contribution in [2.45, 2.75) is 33.2 Å². The lowest BCUT2D eigenvalue weighted by atomic mass is 10.1. The van der Waals surface area contributed by atoms with Crippen LogP contribution in [0, 0.1) is 5.92 Å². The maximum atomic E-state index is 11.5. The van der Waals surface area contributed by atoms with E-state index in [2.05, 4.69) is 12.2 Å². The first kappa shape index (κ1) is 14.4. The standard InChI is InChI=1S/C11H24N2O2/c1-9(2)13(4)11(15)8-12-7-10(3)5-6-14/h9-10,12,14H,5-8H2,1-4H3. The number of carbonyl (C=O) groups is 1. The maximum absolute atomic E-state index is 11.5. The molecule has 0 aromatic rings. The lowest BCUT2D eigenvalue weighted by Crippen LogP contribution is -2.40. The second kappa shape index (κ2) is 7.65. The van der Waals surface area contributed by atoms with Crippen molar-refractivity contribution in [3.63, 3.8) is 0 Å². The maximum Gasteiger partial charge on any atom is 0.236 e. The fraction of sp³-hybridized carbons (Fsp3) is 0.909. The van der Waals surface area contributed by atoms with E-state index in [1.54, 1.807) is 4.90 Å². The molecule has 0 heterocycles. The number of hydrogen-bond acceptors (Lipinski definition) is 3. The van der Waals surface area contributed by atoms with Crippen LogP contribution < -0.4 is 5.32 Å². The van der Waals surface area contributed by atoms with Gasteiger partial charge in [0.05, 0.1) is 6.54 Å². The summed E-state index contributed by atoms with van der Waals surface area (Å²) in [7, 11) is 1.81. The molecule has 1 amide bonds. The van der Waals surface area contributed by atoms with Gasteiger partial charge in [-0.05, 0) is 32.7 Å². The Morgan fingerprint density at radius 3 is 2.47 bits per heavy atom. The van der Waals surface area contributed by atoms with Gasteiger partial charge < -0.3 is 15.3 Å². The minimum Gasteiger partial charge on any atom is -0.396 e. The van der Waals surface area contributed by atoms with Gasteiger partial charge in [0.25, 0.3) is 0 Å². The van der Waals surface area contributed by atoms with Crippen LogP contribution in [-0.4, -0.2) is 48.7 Å². The van der Waals surface area contributed by atoms with Gasteiger partial charge in [0.15, 0.2) is 0 Å². The summed E-state index contributed by atoms with van der Waals surface area (Å²) in [5, 5.41) is 11.8. The Labute approximate surface area is 92.7 Å². The van der Waals surface area contributed by atoms with Crippen LogP contribution >= 0.6 is 0 Å². The number of nitrogens with zero attached hydrogens (tertiary/aromatic N) is 1. The van der Waals surface area contributed by atoms with Crippen molar-refractivity contribution in [3.8, 4) is 0 Å². The van der Waals surface area contributed by atoms with Gasteiger partial charge in [-0.2, -0.15) is 0 Å².